The predicted octanol–water partition coefficient (Wildman–Crippen LogP) is 5.62. The van der Waals surface area contributed by atoms with E-state index < -0.39 is 5.97 Å². The molecule has 2 aromatic heterocycles. The molecule has 0 spiro atoms. The zero-order valence-electron chi connectivity index (χ0n) is 15.6. The molecule has 0 aliphatic carbocycles. The van der Waals surface area contributed by atoms with E-state index in [0.717, 1.165) is 46.3 Å². The molecule has 0 unspecified atom stereocenters. The van der Waals surface area contributed by atoms with Crippen LogP contribution < -0.4 is 5.32 Å². The third-order valence-corrected chi connectivity index (χ3v) is 4.72. The van der Waals surface area contributed by atoms with E-state index in [9.17, 15) is 9.90 Å². The first-order valence-electron chi connectivity index (χ1n) is 9.32. The third-order valence-electron chi connectivity index (χ3n) is 4.72. The van der Waals surface area contributed by atoms with Gasteiger partial charge in [-0.25, -0.2) is 9.78 Å². The van der Waals surface area contributed by atoms with Crippen LogP contribution in [0, 0.1) is 0 Å². The molecule has 0 amide bonds. The summed E-state index contributed by atoms with van der Waals surface area (Å²) >= 11 is 0. The lowest BCUT2D eigenvalue weighted by Crippen LogP contribution is -2.06. The van der Waals surface area contributed by atoms with Crippen molar-refractivity contribution < 1.29 is 9.90 Å². The van der Waals surface area contributed by atoms with Crippen molar-refractivity contribution in [2.75, 3.05) is 5.32 Å². The molecule has 0 atom stereocenters. The Bertz CT molecular complexity index is 1130. The van der Waals surface area contributed by atoms with E-state index in [1.165, 1.54) is 0 Å². The first-order valence-corrected chi connectivity index (χ1v) is 9.32. The van der Waals surface area contributed by atoms with Crippen LogP contribution in [0.5, 0.6) is 0 Å². The Kier molecular flexibility index (Phi) is 4.81. The number of nitrogens with zero attached hydrogens (tertiary/aromatic N) is 1. The highest BCUT2D eigenvalue weighted by molar-refractivity contribution is 5.98. The Morgan fingerprint density at radius 1 is 1.11 bits per heavy atom. The van der Waals surface area contributed by atoms with Gasteiger partial charge in [-0.15, -0.1) is 0 Å². The molecule has 5 nitrogen and oxygen atoms in total. The van der Waals surface area contributed by atoms with Crippen molar-refractivity contribution in [3.63, 3.8) is 0 Å². The summed E-state index contributed by atoms with van der Waals surface area (Å²) in [6.07, 6.45) is 3.76. The number of hydrogen-bond donors (Lipinski definition) is 3. The number of anilines is 2. The summed E-state index contributed by atoms with van der Waals surface area (Å²) in [6, 6.07) is 19.5. The number of H-pyrrole nitrogens is 1. The maximum absolute atomic E-state index is 11.6. The number of aromatic carboxylic acids is 1. The Balaban J connectivity index is 1.69. The monoisotopic (exact) mass is 371 g/mol. The van der Waals surface area contributed by atoms with Crippen LogP contribution in [0.2, 0.25) is 0 Å². The van der Waals surface area contributed by atoms with Crippen molar-refractivity contribution in [2.24, 2.45) is 0 Å². The molecule has 4 aromatic rings. The number of nitrogens with one attached hydrogen (secondary N) is 2. The third kappa shape index (κ3) is 3.47. The predicted molar refractivity (Wildman–Crippen MR) is 112 cm³/mol. The number of carbonyl (C=O) groups is 1. The van der Waals surface area contributed by atoms with Crippen molar-refractivity contribution in [3.8, 4) is 11.1 Å². The van der Waals surface area contributed by atoms with E-state index in [0.29, 0.717) is 5.82 Å². The molecule has 0 fully saturated rings. The fraction of sp³-hybridized carbons (Fsp3) is 0.130. The van der Waals surface area contributed by atoms with Crippen molar-refractivity contribution in [2.45, 2.75) is 19.8 Å². The van der Waals surface area contributed by atoms with Crippen LogP contribution in [0.3, 0.4) is 0 Å². The molecule has 0 radical (unpaired) electrons. The quantitative estimate of drug-likeness (QED) is 0.411. The molecule has 0 saturated carbocycles. The van der Waals surface area contributed by atoms with Crippen molar-refractivity contribution in [1.29, 1.82) is 0 Å². The molecule has 3 N–H and O–H groups in total. The fourth-order valence-electron chi connectivity index (χ4n) is 3.36. The average Bonchev–Trinajstić information content (AvgIpc) is 3.12. The van der Waals surface area contributed by atoms with E-state index in [1.54, 1.807) is 12.1 Å². The van der Waals surface area contributed by atoms with E-state index in [1.807, 2.05) is 42.6 Å². The average molecular weight is 371 g/mol. The number of hydrogen-bond acceptors (Lipinski definition) is 3. The molecule has 0 saturated heterocycles. The van der Waals surface area contributed by atoms with Gasteiger partial charge >= 0.3 is 5.97 Å². The smallest absolute Gasteiger partial charge is 0.339 e. The summed E-state index contributed by atoms with van der Waals surface area (Å²) in [5.74, 6) is -0.627. The van der Waals surface area contributed by atoms with Gasteiger partial charge in [-0.3, -0.25) is 0 Å². The minimum atomic E-state index is -0.995. The zero-order chi connectivity index (χ0) is 19.5. The molecule has 2 heterocycles. The van der Waals surface area contributed by atoms with Gasteiger partial charge < -0.3 is 15.4 Å². The molecule has 5 heteroatoms. The normalized spacial score (nSPS) is 10.9. The topological polar surface area (TPSA) is 78.0 Å². The van der Waals surface area contributed by atoms with Gasteiger partial charge in [0.1, 0.15) is 11.4 Å². The second kappa shape index (κ2) is 7.56. The molecule has 28 heavy (non-hydrogen) atoms. The Labute approximate surface area is 163 Å². The Morgan fingerprint density at radius 2 is 1.93 bits per heavy atom. The number of carboxylic acids is 1. The number of aryl methyl sites for hydroxylation is 1. The lowest BCUT2D eigenvalue weighted by atomic mass is 10.0. The number of rotatable bonds is 6. The molecule has 0 aliphatic rings. The summed E-state index contributed by atoms with van der Waals surface area (Å²) in [7, 11) is 0. The maximum atomic E-state index is 11.6. The highest BCUT2D eigenvalue weighted by Crippen LogP contribution is 2.31. The summed E-state index contributed by atoms with van der Waals surface area (Å²) in [6.45, 7) is 2.07. The second-order valence-corrected chi connectivity index (χ2v) is 6.71. The van der Waals surface area contributed by atoms with Crippen LogP contribution in [0.25, 0.3) is 22.0 Å². The van der Waals surface area contributed by atoms with Crippen molar-refractivity contribution in [3.05, 3.63) is 78.1 Å². The van der Waals surface area contributed by atoms with Gasteiger partial charge in [-0.2, -0.15) is 0 Å². The van der Waals surface area contributed by atoms with Gasteiger partial charge in [0.05, 0.1) is 0 Å². The number of benzene rings is 2. The Hall–Kier alpha value is -3.60. The summed E-state index contributed by atoms with van der Waals surface area (Å²) in [5.41, 5.74) is 5.09. The Morgan fingerprint density at radius 3 is 2.68 bits per heavy atom. The molecule has 140 valence electrons. The highest BCUT2D eigenvalue weighted by Gasteiger charge is 2.13. The van der Waals surface area contributed by atoms with E-state index in [2.05, 4.69) is 34.3 Å². The van der Waals surface area contributed by atoms with E-state index in [4.69, 9.17) is 0 Å². The standard InChI is InChI=1S/C23H21N3O2/c1-2-6-16-9-12-19(23(27)28)22(25-16)26-17-10-11-18-20(14-24-21(18)13-17)15-7-4-3-5-8-15/h3-5,7-14,24H,2,6H2,1H3,(H,25,26)(H,27,28). The van der Waals surface area contributed by atoms with E-state index >= 15 is 0 Å². The van der Waals surface area contributed by atoms with Gasteiger partial charge in [0.25, 0.3) is 0 Å². The number of fused-ring (bicyclic) bond motifs is 1. The lowest BCUT2D eigenvalue weighted by molar-refractivity contribution is 0.0697. The molecular formula is C23H21N3O2. The molecule has 0 aliphatic heterocycles. The van der Waals surface area contributed by atoms with Crippen LogP contribution >= 0.6 is 0 Å². The molecule has 4 rings (SSSR count). The first-order chi connectivity index (χ1) is 13.7. The van der Waals surface area contributed by atoms with Crippen molar-refractivity contribution >= 4 is 28.4 Å². The summed E-state index contributed by atoms with van der Waals surface area (Å²) in [4.78, 5) is 19.4. The van der Waals surface area contributed by atoms with Gasteiger partial charge in [-0.05, 0) is 36.2 Å². The van der Waals surface area contributed by atoms with Crippen LogP contribution in [0.1, 0.15) is 29.4 Å². The van der Waals surface area contributed by atoms with Gasteiger partial charge in [0, 0.05) is 34.0 Å². The maximum Gasteiger partial charge on any atom is 0.339 e. The summed E-state index contributed by atoms with van der Waals surface area (Å²) < 4.78 is 0. The molecule has 0 bridgehead atoms. The number of pyridine rings is 1. The molecular weight excluding hydrogens is 350 g/mol. The van der Waals surface area contributed by atoms with Crippen LogP contribution in [-0.4, -0.2) is 21.0 Å². The first kappa shape index (κ1) is 17.8. The lowest BCUT2D eigenvalue weighted by Gasteiger charge is -2.11. The number of carboxylic acid groups (broad SMARTS) is 1. The SMILES string of the molecule is CCCc1ccc(C(=O)O)c(Nc2ccc3c(-c4ccccc4)c[nH]c3c2)n1. The number of aromatic amines is 1. The van der Waals surface area contributed by atoms with Crippen LogP contribution in [0.15, 0.2) is 66.9 Å². The summed E-state index contributed by atoms with van der Waals surface area (Å²) in [5, 5.41) is 13.8. The van der Waals surface area contributed by atoms with Crippen molar-refractivity contribution in [1.82, 2.24) is 9.97 Å². The highest BCUT2D eigenvalue weighted by atomic mass is 16.4. The number of aromatic nitrogens is 2. The minimum absolute atomic E-state index is 0.163. The second-order valence-electron chi connectivity index (χ2n) is 6.71. The van der Waals surface area contributed by atoms with Gasteiger partial charge in [-0.1, -0.05) is 49.7 Å². The van der Waals surface area contributed by atoms with Gasteiger partial charge in [0.2, 0.25) is 0 Å². The molecule has 2 aromatic carbocycles. The van der Waals surface area contributed by atoms with Crippen LogP contribution in [0.4, 0.5) is 11.5 Å². The van der Waals surface area contributed by atoms with Gasteiger partial charge in [0.15, 0.2) is 0 Å². The fourth-order valence-corrected chi connectivity index (χ4v) is 3.36. The minimum Gasteiger partial charge on any atom is -0.478 e. The largest absolute Gasteiger partial charge is 0.478 e. The van der Waals surface area contributed by atoms with Crippen LogP contribution in [-0.2, 0) is 6.42 Å². The van der Waals surface area contributed by atoms with E-state index in [-0.39, 0.29) is 5.56 Å². The zero-order valence-corrected chi connectivity index (χ0v) is 15.6.